The van der Waals surface area contributed by atoms with Crippen LogP contribution in [-0.4, -0.2) is 41.9 Å². The van der Waals surface area contributed by atoms with E-state index in [1.807, 2.05) is 30.3 Å². The number of thioether (sulfide) groups is 1. The highest BCUT2D eigenvalue weighted by Gasteiger charge is 2.15. The Balaban J connectivity index is 1.87. The van der Waals surface area contributed by atoms with Gasteiger partial charge >= 0.3 is 11.9 Å². The molecule has 0 bridgehead atoms. The highest BCUT2D eigenvalue weighted by atomic mass is 32.2. The Morgan fingerprint density at radius 2 is 1.90 bits per heavy atom. The largest absolute Gasteiger partial charge is 0.465 e. The van der Waals surface area contributed by atoms with E-state index >= 15 is 0 Å². The number of benzene rings is 2. The summed E-state index contributed by atoms with van der Waals surface area (Å²) < 4.78 is 12.2. The molecule has 0 saturated carbocycles. The summed E-state index contributed by atoms with van der Waals surface area (Å²) in [4.78, 5) is 41.0. The zero-order chi connectivity index (χ0) is 22.2. The zero-order valence-electron chi connectivity index (χ0n) is 17.2. The van der Waals surface area contributed by atoms with E-state index in [0.29, 0.717) is 21.6 Å². The molecule has 0 fully saturated rings. The number of aromatic nitrogens is 1. The van der Waals surface area contributed by atoms with Gasteiger partial charge in [0.25, 0.3) is 5.91 Å². The van der Waals surface area contributed by atoms with Crippen molar-refractivity contribution in [3.05, 3.63) is 64.5 Å². The molecule has 3 aromatic rings. The molecule has 0 aliphatic heterocycles. The number of fused-ring (bicyclic) bond motifs is 1. The van der Waals surface area contributed by atoms with E-state index in [9.17, 15) is 14.4 Å². The van der Waals surface area contributed by atoms with Crippen LogP contribution in [-0.2, 0) is 31.4 Å². The molecule has 0 aliphatic carbocycles. The first-order valence-electron chi connectivity index (χ1n) is 9.58. The van der Waals surface area contributed by atoms with E-state index in [4.69, 9.17) is 9.47 Å². The van der Waals surface area contributed by atoms with Crippen molar-refractivity contribution in [2.45, 2.75) is 19.2 Å². The summed E-state index contributed by atoms with van der Waals surface area (Å²) in [6.07, 6.45) is 0. The second-order valence-corrected chi connectivity index (χ2v) is 8.43. The lowest BCUT2D eigenvalue weighted by atomic mass is 10.2. The van der Waals surface area contributed by atoms with Gasteiger partial charge in [0.1, 0.15) is 6.54 Å². The van der Waals surface area contributed by atoms with E-state index in [-0.39, 0.29) is 24.8 Å². The number of nitrogens with zero attached hydrogens (tertiary/aromatic N) is 2. The third-order valence-electron chi connectivity index (χ3n) is 4.25. The van der Waals surface area contributed by atoms with Crippen LogP contribution in [0.5, 0.6) is 0 Å². The van der Waals surface area contributed by atoms with Crippen LogP contribution in [0.4, 0.5) is 0 Å². The molecular formula is C22H22N2O5S2. The number of rotatable bonds is 8. The topological polar surface area (TPSA) is 87.0 Å². The monoisotopic (exact) mass is 458 g/mol. The van der Waals surface area contributed by atoms with Crippen LogP contribution >= 0.6 is 23.1 Å². The first-order valence-corrected chi connectivity index (χ1v) is 11.6. The van der Waals surface area contributed by atoms with Crippen LogP contribution < -0.4 is 4.80 Å². The maximum atomic E-state index is 12.5. The van der Waals surface area contributed by atoms with Crippen molar-refractivity contribution in [1.29, 1.82) is 0 Å². The third kappa shape index (κ3) is 6.05. The number of ether oxygens (including phenoxy) is 2. The van der Waals surface area contributed by atoms with Crippen LogP contribution in [0.25, 0.3) is 10.2 Å². The molecule has 31 heavy (non-hydrogen) atoms. The predicted octanol–water partition coefficient (Wildman–Crippen LogP) is 3.41. The van der Waals surface area contributed by atoms with Crippen LogP contribution in [0.3, 0.4) is 0 Å². The van der Waals surface area contributed by atoms with Gasteiger partial charge in [0.2, 0.25) is 0 Å². The lowest BCUT2D eigenvalue weighted by Crippen LogP contribution is -2.23. The second kappa shape index (κ2) is 10.9. The van der Waals surface area contributed by atoms with Gasteiger partial charge in [-0.05, 0) is 30.7 Å². The fourth-order valence-electron chi connectivity index (χ4n) is 2.86. The van der Waals surface area contributed by atoms with Crippen molar-refractivity contribution >= 4 is 51.2 Å². The molecule has 3 rings (SSSR count). The number of carbonyl (C=O) groups excluding carboxylic acids is 3. The molecule has 0 saturated heterocycles. The van der Waals surface area contributed by atoms with Gasteiger partial charge < -0.3 is 14.0 Å². The van der Waals surface area contributed by atoms with Gasteiger partial charge in [0.15, 0.2) is 4.80 Å². The predicted molar refractivity (Wildman–Crippen MR) is 121 cm³/mol. The number of thiazole rings is 1. The molecular weight excluding hydrogens is 436 g/mol. The minimum atomic E-state index is -0.459. The summed E-state index contributed by atoms with van der Waals surface area (Å²) in [7, 11) is 1.31. The lowest BCUT2D eigenvalue weighted by Gasteiger charge is -2.05. The molecule has 0 N–H and O–H groups in total. The summed E-state index contributed by atoms with van der Waals surface area (Å²) in [6, 6.07) is 14.9. The maximum Gasteiger partial charge on any atom is 0.337 e. The smallest absolute Gasteiger partial charge is 0.337 e. The first kappa shape index (κ1) is 22.8. The fourth-order valence-corrected chi connectivity index (χ4v) is 4.72. The van der Waals surface area contributed by atoms with Gasteiger partial charge in [-0.3, -0.25) is 9.59 Å². The number of methoxy groups -OCH3 is 1. The first-order chi connectivity index (χ1) is 15.0. The molecule has 1 amide bonds. The van der Waals surface area contributed by atoms with Crippen LogP contribution in [0.2, 0.25) is 0 Å². The number of hydrogen-bond acceptors (Lipinski definition) is 7. The Morgan fingerprint density at radius 3 is 2.61 bits per heavy atom. The highest BCUT2D eigenvalue weighted by molar-refractivity contribution is 7.99. The SMILES string of the molecule is CCOC(=O)Cn1c(=NC(=O)CSCc2ccccc2)sc2cc(C(=O)OC)ccc21. The summed E-state index contributed by atoms with van der Waals surface area (Å²) in [5, 5.41) is 0. The Hall–Kier alpha value is -2.91. The van der Waals surface area contributed by atoms with Gasteiger partial charge in [0.05, 0.1) is 35.2 Å². The van der Waals surface area contributed by atoms with E-state index in [1.54, 1.807) is 29.7 Å². The molecule has 162 valence electrons. The van der Waals surface area contributed by atoms with Gasteiger partial charge in [-0.1, -0.05) is 41.7 Å². The van der Waals surface area contributed by atoms with Crippen molar-refractivity contribution < 1.29 is 23.9 Å². The second-order valence-electron chi connectivity index (χ2n) is 6.43. The molecule has 1 aromatic heterocycles. The quantitative estimate of drug-likeness (QED) is 0.481. The van der Waals surface area contributed by atoms with Crippen molar-refractivity contribution in [2.24, 2.45) is 4.99 Å². The van der Waals surface area contributed by atoms with Crippen LogP contribution in [0.1, 0.15) is 22.8 Å². The van der Waals surface area contributed by atoms with Gasteiger partial charge in [0, 0.05) is 5.75 Å². The van der Waals surface area contributed by atoms with Crippen molar-refractivity contribution in [3.8, 4) is 0 Å². The van der Waals surface area contributed by atoms with Gasteiger partial charge in [-0.25, -0.2) is 4.79 Å². The molecule has 9 heteroatoms. The molecule has 0 spiro atoms. The lowest BCUT2D eigenvalue weighted by molar-refractivity contribution is -0.143. The highest BCUT2D eigenvalue weighted by Crippen LogP contribution is 2.20. The number of carbonyl (C=O) groups is 3. The van der Waals surface area contributed by atoms with Gasteiger partial charge in [-0.15, -0.1) is 11.8 Å². The molecule has 7 nitrogen and oxygen atoms in total. The molecule has 0 radical (unpaired) electrons. The fraction of sp³-hybridized carbons (Fsp3) is 0.273. The van der Waals surface area contributed by atoms with E-state index in [1.165, 1.54) is 30.2 Å². The molecule has 0 aliphatic rings. The van der Waals surface area contributed by atoms with Crippen molar-refractivity contribution in [3.63, 3.8) is 0 Å². The average molecular weight is 459 g/mol. The maximum absolute atomic E-state index is 12.5. The minimum Gasteiger partial charge on any atom is -0.465 e. The number of hydrogen-bond donors (Lipinski definition) is 0. The van der Waals surface area contributed by atoms with Gasteiger partial charge in [-0.2, -0.15) is 4.99 Å². The minimum absolute atomic E-state index is 0.0747. The Morgan fingerprint density at radius 1 is 1.13 bits per heavy atom. The van der Waals surface area contributed by atoms with E-state index in [0.717, 1.165) is 10.3 Å². The number of amides is 1. The standard InChI is InChI=1S/C22H22N2O5S2/c1-3-29-20(26)12-24-17-10-9-16(21(27)28-2)11-18(17)31-22(24)23-19(25)14-30-13-15-7-5-4-6-8-15/h4-11H,3,12-14H2,1-2H3. The Kier molecular flexibility index (Phi) is 8.02. The number of esters is 2. The molecule has 1 heterocycles. The summed E-state index contributed by atoms with van der Waals surface area (Å²) in [6.45, 7) is 1.92. The van der Waals surface area contributed by atoms with Crippen LogP contribution in [0, 0.1) is 0 Å². The van der Waals surface area contributed by atoms with Crippen molar-refractivity contribution in [2.75, 3.05) is 19.5 Å². The third-order valence-corrected chi connectivity index (χ3v) is 6.28. The Bertz CT molecular complexity index is 1150. The van der Waals surface area contributed by atoms with E-state index in [2.05, 4.69) is 4.99 Å². The zero-order valence-corrected chi connectivity index (χ0v) is 18.8. The summed E-state index contributed by atoms with van der Waals surface area (Å²) in [5.41, 5.74) is 2.21. The van der Waals surface area contributed by atoms with E-state index < -0.39 is 11.9 Å². The molecule has 0 unspecified atom stereocenters. The van der Waals surface area contributed by atoms with Crippen LogP contribution in [0.15, 0.2) is 53.5 Å². The Labute approximate surface area is 187 Å². The summed E-state index contributed by atoms with van der Waals surface area (Å²) >= 11 is 2.71. The van der Waals surface area contributed by atoms with Crippen molar-refractivity contribution in [1.82, 2.24) is 4.57 Å². The molecule has 0 atom stereocenters. The normalized spacial score (nSPS) is 11.5. The average Bonchev–Trinajstić information content (AvgIpc) is 3.10. The molecule has 2 aromatic carbocycles. The summed E-state index contributed by atoms with van der Waals surface area (Å²) in [5.74, 6) is -0.250.